The molecule has 2 N–H and O–H groups in total. The van der Waals surface area contributed by atoms with E-state index in [0.717, 1.165) is 5.56 Å². The quantitative estimate of drug-likeness (QED) is 0.549. The lowest BCUT2D eigenvalue weighted by Gasteiger charge is -2.25. The molecular weight excluding hydrogens is 448 g/mol. The van der Waals surface area contributed by atoms with Gasteiger partial charge < -0.3 is 10.2 Å². The van der Waals surface area contributed by atoms with Gasteiger partial charge in [-0.3, -0.25) is 14.3 Å². The van der Waals surface area contributed by atoms with Gasteiger partial charge in [-0.05, 0) is 36.8 Å². The Kier molecular flexibility index (Phi) is 6.24. The van der Waals surface area contributed by atoms with Crippen LogP contribution >= 0.6 is 11.3 Å². The first-order chi connectivity index (χ1) is 15.3. The van der Waals surface area contributed by atoms with E-state index in [1.165, 1.54) is 41.8 Å². The van der Waals surface area contributed by atoms with Crippen molar-refractivity contribution in [2.75, 3.05) is 16.6 Å². The van der Waals surface area contributed by atoms with E-state index >= 15 is 0 Å². The summed E-state index contributed by atoms with van der Waals surface area (Å²) in [5.41, 5.74) is 1.48. The maximum absolute atomic E-state index is 12.7. The van der Waals surface area contributed by atoms with Gasteiger partial charge >= 0.3 is 0 Å². The summed E-state index contributed by atoms with van der Waals surface area (Å²) in [6.07, 6.45) is 1.66. The number of carbonyl (C=O) groups is 2. The summed E-state index contributed by atoms with van der Waals surface area (Å²) >= 11 is 1.18. The predicted octanol–water partition coefficient (Wildman–Crippen LogP) is 3.49. The topological polar surface area (TPSA) is 108 Å². The third-order valence-corrected chi connectivity index (χ3v) is 7.54. The fourth-order valence-electron chi connectivity index (χ4n) is 3.60. The van der Waals surface area contributed by atoms with Crippen LogP contribution in [0.15, 0.2) is 71.1 Å². The lowest BCUT2D eigenvalue weighted by Crippen LogP contribution is -2.30. The molecule has 2 amide bonds. The molecule has 1 fully saturated rings. The molecule has 3 aromatic rings. The Hall–Kier alpha value is -3.24. The molecular formula is C22H22N4O4S2. The summed E-state index contributed by atoms with van der Waals surface area (Å²) in [7, 11) is -3.76. The van der Waals surface area contributed by atoms with Crippen molar-refractivity contribution in [1.82, 2.24) is 9.88 Å². The minimum absolute atomic E-state index is 0.0591. The number of hydrogen-bond acceptors (Lipinski definition) is 6. The molecule has 0 aliphatic carbocycles. The van der Waals surface area contributed by atoms with Crippen LogP contribution in [0.4, 0.5) is 10.8 Å². The Morgan fingerprint density at radius 2 is 1.88 bits per heavy atom. The van der Waals surface area contributed by atoms with Crippen molar-refractivity contribution in [2.45, 2.75) is 24.3 Å². The highest BCUT2D eigenvalue weighted by Gasteiger charge is 2.37. The monoisotopic (exact) mass is 470 g/mol. The van der Waals surface area contributed by atoms with Crippen LogP contribution in [-0.2, 0) is 19.6 Å². The molecule has 1 saturated heterocycles. The molecule has 1 aromatic heterocycles. The number of anilines is 2. The number of hydrogen-bond donors (Lipinski definition) is 2. The van der Waals surface area contributed by atoms with Gasteiger partial charge in [0.1, 0.15) is 0 Å². The third-order valence-electron chi connectivity index (χ3n) is 5.36. The van der Waals surface area contributed by atoms with Gasteiger partial charge in [-0.2, -0.15) is 0 Å². The van der Waals surface area contributed by atoms with Crippen molar-refractivity contribution in [3.05, 3.63) is 71.7 Å². The number of amides is 2. The number of thiazole rings is 1. The molecule has 1 aliphatic heterocycles. The summed E-state index contributed by atoms with van der Waals surface area (Å²) in [6, 6.07) is 15.4. The van der Waals surface area contributed by atoms with Crippen LogP contribution < -0.4 is 10.0 Å². The van der Waals surface area contributed by atoms with Crippen LogP contribution in [0.25, 0.3) is 0 Å². The Morgan fingerprint density at radius 1 is 1.16 bits per heavy atom. The second-order valence-corrected chi connectivity index (χ2v) is 10.1. The van der Waals surface area contributed by atoms with Crippen molar-refractivity contribution in [2.24, 2.45) is 5.92 Å². The van der Waals surface area contributed by atoms with Crippen LogP contribution in [0.5, 0.6) is 0 Å². The molecule has 0 saturated carbocycles. The summed E-state index contributed by atoms with van der Waals surface area (Å²) in [6.45, 7) is 2.29. The zero-order valence-corrected chi connectivity index (χ0v) is 18.9. The molecule has 10 heteroatoms. The van der Waals surface area contributed by atoms with Gasteiger partial charge in [0.25, 0.3) is 10.0 Å². The van der Waals surface area contributed by atoms with Gasteiger partial charge in [0, 0.05) is 30.2 Å². The van der Waals surface area contributed by atoms with Crippen LogP contribution in [0, 0.1) is 5.92 Å². The van der Waals surface area contributed by atoms with Crippen molar-refractivity contribution < 1.29 is 18.0 Å². The fourth-order valence-corrected chi connectivity index (χ4v) is 5.39. The summed E-state index contributed by atoms with van der Waals surface area (Å²) in [5.74, 6) is -0.794. The van der Waals surface area contributed by atoms with Gasteiger partial charge in [-0.15, -0.1) is 11.3 Å². The van der Waals surface area contributed by atoms with Gasteiger partial charge in [-0.1, -0.05) is 30.3 Å². The zero-order valence-electron chi connectivity index (χ0n) is 17.3. The molecule has 4 rings (SSSR count). The highest BCUT2D eigenvalue weighted by atomic mass is 32.2. The molecule has 2 aromatic carbocycles. The first-order valence-corrected chi connectivity index (χ1v) is 12.4. The maximum atomic E-state index is 12.7. The lowest BCUT2D eigenvalue weighted by atomic mass is 10.1. The van der Waals surface area contributed by atoms with E-state index in [-0.39, 0.29) is 34.3 Å². The van der Waals surface area contributed by atoms with Gasteiger partial charge in [0.2, 0.25) is 11.8 Å². The fraction of sp³-hybridized carbons (Fsp3) is 0.227. The minimum Gasteiger partial charge on any atom is -0.335 e. The summed E-state index contributed by atoms with van der Waals surface area (Å²) in [4.78, 5) is 30.9. The van der Waals surface area contributed by atoms with Crippen LogP contribution in [0.2, 0.25) is 0 Å². The van der Waals surface area contributed by atoms with Gasteiger partial charge in [0.05, 0.1) is 16.9 Å². The normalized spacial score (nSPS) is 17.2. The van der Waals surface area contributed by atoms with Crippen LogP contribution in [0.1, 0.15) is 24.9 Å². The van der Waals surface area contributed by atoms with Gasteiger partial charge in [-0.25, -0.2) is 13.4 Å². The second kappa shape index (κ2) is 9.09. The van der Waals surface area contributed by atoms with Crippen molar-refractivity contribution in [3.8, 4) is 0 Å². The molecule has 0 spiro atoms. The smallest absolute Gasteiger partial charge is 0.263 e. The molecule has 0 unspecified atom stereocenters. The Morgan fingerprint density at radius 3 is 2.53 bits per heavy atom. The van der Waals surface area contributed by atoms with E-state index < -0.39 is 15.9 Å². The standard InChI is InChI=1S/C22H22N4O4S2/c1-15(16-5-3-2-4-6-16)26-14-17(13-20(26)27)21(28)24-18-7-9-19(10-8-18)32(29,30)25-22-23-11-12-31-22/h2-12,15,17H,13-14H2,1H3,(H,23,25)(H,24,28)/t15-,17-/m1/s1. The van der Waals surface area contributed by atoms with E-state index in [1.807, 2.05) is 37.3 Å². The van der Waals surface area contributed by atoms with E-state index in [2.05, 4.69) is 15.0 Å². The molecule has 8 nitrogen and oxygen atoms in total. The average Bonchev–Trinajstić information content (AvgIpc) is 3.43. The van der Waals surface area contributed by atoms with Crippen molar-refractivity contribution in [3.63, 3.8) is 0 Å². The van der Waals surface area contributed by atoms with Crippen LogP contribution in [0.3, 0.4) is 0 Å². The van der Waals surface area contributed by atoms with Crippen molar-refractivity contribution in [1.29, 1.82) is 0 Å². The highest BCUT2D eigenvalue weighted by molar-refractivity contribution is 7.93. The van der Waals surface area contributed by atoms with Crippen molar-refractivity contribution >= 4 is 44.0 Å². The number of aromatic nitrogens is 1. The largest absolute Gasteiger partial charge is 0.335 e. The van der Waals surface area contributed by atoms with E-state index in [1.54, 1.807) is 10.3 Å². The number of nitrogens with one attached hydrogen (secondary N) is 2. The lowest BCUT2D eigenvalue weighted by molar-refractivity contribution is -0.129. The Balaban J connectivity index is 1.38. The number of likely N-dealkylation sites (tertiary alicyclic amines) is 1. The second-order valence-electron chi connectivity index (χ2n) is 7.49. The Bertz CT molecular complexity index is 1200. The number of carbonyl (C=O) groups excluding carboxylic acids is 2. The molecule has 0 bridgehead atoms. The molecule has 2 atom stereocenters. The maximum Gasteiger partial charge on any atom is 0.263 e. The third kappa shape index (κ3) is 4.81. The number of rotatable bonds is 7. The zero-order chi connectivity index (χ0) is 22.7. The van der Waals surface area contributed by atoms with Gasteiger partial charge in [0.15, 0.2) is 5.13 Å². The summed E-state index contributed by atoms with van der Waals surface area (Å²) in [5, 5.41) is 4.74. The molecule has 1 aliphatic rings. The SMILES string of the molecule is C[C@H](c1ccccc1)N1C[C@H](C(=O)Nc2ccc(S(=O)(=O)Nc3nccs3)cc2)CC1=O. The number of benzene rings is 2. The number of nitrogens with zero attached hydrogens (tertiary/aromatic N) is 2. The molecule has 166 valence electrons. The summed E-state index contributed by atoms with van der Waals surface area (Å²) < 4.78 is 27.2. The molecule has 32 heavy (non-hydrogen) atoms. The average molecular weight is 471 g/mol. The first kappa shape index (κ1) is 22.0. The van der Waals surface area contributed by atoms with Crippen LogP contribution in [-0.4, -0.2) is 36.7 Å². The molecule has 0 radical (unpaired) electrons. The van der Waals surface area contributed by atoms with E-state index in [0.29, 0.717) is 12.2 Å². The molecule has 2 heterocycles. The highest BCUT2D eigenvalue weighted by Crippen LogP contribution is 2.29. The van der Waals surface area contributed by atoms with E-state index in [4.69, 9.17) is 0 Å². The predicted molar refractivity (Wildman–Crippen MR) is 123 cm³/mol. The Labute approximate surface area is 190 Å². The first-order valence-electron chi connectivity index (χ1n) is 10.0. The van der Waals surface area contributed by atoms with E-state index in [9.17, 15) is 18.0 Å². The minimum atomic E-state index is -3.76. The number of sulfonamides is 1.